The number of carboxylic acid groups (broad SMARTS) is 1. The summed E-state index contributed by atoms with van der Waals surface area (Å²) < 4.78 is 27.7. The van der Waals surface area contributed by atoms with Crippen molar-refractivity contribution in [3.63, 3.8) is 0 Å². The Labute approximate surface area is 114 Å². The summed E-state index contributed by atoms with van der Waals surface area (Å²) in [6.07, 6.45) is 1.08. The standard InChI is InChI=1S/C13H10O6S/c1-20(17,18)10-4-2-8(3-5-10)11-6-9(14)7-12(19-11)13(15)16/h2-7H,1H3,(H,15,16). The molecule has 0 unspecified atom stereocenters. The highest BCUT2D eigenvalue weighted by molar-refractivity contribution is 7.90. The van der Waals surface area contributed by atoms with Crippen molar-refractivity contribution in [1.29, 1.82) is 0 Å². The minimum atomic E-state index is -3.32. The van der Waals surface area contributed by atoms with Crippen LogP contribution < -0.4 is 5.43 Å². The van der Waals surface area contributed by atoms with E-state index in [1.54, 1.807) is 0 Å². The number of hydrogen-bond acceptors (Lipinski definition) is 5. The molecule has 0 fully saturated rings. The molecule has 0 spiro atoms. The molecule has 0 radical (unpaired) electrons. The van der Waals surface area contributed by atoms with Crippen LogP contribution in [-0.2, 0) is 9.84 Å². The Hall–Kier alpha value is -2.41. The minimum absolute atomic E-state index is 0.0648. The summed E-state index contributed by atoms with van der Waals surface area (Å²) in [5, 5.41) is 8.82. The summed E-state index contributed by atoms with van der Waals surface area (Å²) in [5.41, 5.74) is -0.0894. The van der Waals surface area contributed by atoms with Crippen molar-refractivity contribution in [3.05, 3.63) is 52.4 Å². The van der Waals surface area contributed by atoms with E-state index >= 15 is 0 Å². The Bertz CT molecular complexity index is 815. The van der Waals surface area contributed by atoms with Gasteiger partial charge in [0.1, 0.15) is 5.76 Å². The van der Waals surface area contributed by atoms with Gasteiger partial charge < -0.3 is 9.52 Å². The van der Waals surface area contributed by atoms with E-state index < -0.39 is 27.0 Å². The van der Waals surface area contributed by atoms with Crippen molar-refractivity contribution in [2.45, 2.75) is 4.90 Å². The summed E-state index contributed by atoms with van der Waals surface area (Å²) in [4.78, 5) is 22.3. The van der Waals surface area contributed by atoms with Gasteiger partial charge in [0.15, 0.2) is 15.3 Å². The topological polar surface area (TPSA) is 102 Å². The fraction of sp³-hybridized carbons (Fsp3) is 0.0769. The zero-order chi connectivity index (χ0) is 14.9. The third kappa shape index (κ3) is 2.94. The summed E-state index contributed by atoms with van der Waals surface area (Å²) in [5.74, 6) is -1.76. The van der Waals surface area contributed by atoms with E-state index in [9.17, 15) is 18.0 Å². The van der Waals surface area contributed by atoms with Crippen LogP contribution in [0.3, 0.4) is 0 Å². The average Bonchev–Trinajstić information content (AvgIpc) is 2.37. The highest BCUT2D eigenvalue weighted by atomic mass is 32.2. The van der Waals surface area contributed by atoms with Crippen LogP contribution in [0.1, 0.15) is 10.6 Å². The Morgan fingerprint density at radius 2 is 1.75 bits per heavy atom. The van der Waals surface area contributed by atoms with Crippen molar-refractivity contribution in [2.75, 3.05) is 6.26 Å². The zero-order valence-corrected chi connectivity index (χ0v) is 11.2. The van der Waals surface area contributed by atoms with Gasteiger partial charge in [0.05, 0.1) is 4.90 Å². The third-order valence-electron chi connectivity index (χ3n) is 2.54. The zero-order valence-electron chi connectivity index (χ0n) is 10.4. The molecule has 0 aliphatic rings. The maximum absolute atomic E-state index is 11.4. The summed E-state index contributed by atoms with van der Waals surface area (Å²) in [6, 6.07) is 7.62. The second kappa shape index (κ2) is 4.93. The molecule has 0 saturated heterocycles. The highest BCUT2D eigenvalue weighted by Crippen LogP contribution is 2.21. The molecule has 0 aliphatic heterocycles. The number of carbonyl (C=O) groups is 1. The number of aromatic carboxylic acids is 1. The lowest BCUT2D eigenvalue weighted by molar-refractivity contribution is 0.0660. The van der Waals surface area contributed by atoms with Crippen LogP contribution in [0.25, 0.3) is 11.3 Å². The van der Waals surface area contributed by atoms with E-state index in [0.29, 0.717) is 5.56 Å². The molecule has 104 valence electrons. The average molecular weight is 294 g/mol. The molecule has 0 aliphatic carbocycles. The molecular formula is C13H10O6S. The Kier molecular flexibility index (Phi) is 3.46. The van der Waals surface area contributed by atoms with Gasteiger partial charge in [-0.1, -0.05) is 0 Å². The molecule has 0 bridgehead atoms. The molecule has 20 heavy (non-hydrogen) atoms. The smallest absolute Gasteiger partial charge is 0.371 e. The molecule has 0 saturated carbocycles. The molecule has 0 atom stereocenters. The maximum Gasteiger partial charge on any atom is 0.371 e. The highest BCUT2D eigenvalue weighted by Gasteiger charge is 2.12. The van der Waals surface area contributed by atoms with Crippen molar-refractivity contribution < 1.29 is 22.7 Å². The van der Waals surface area contributed by atoms with Crippen molar-refractivity contribution in [3.8, 4) is 11.3 Å². The maximum atomic E-state index is 11.4. The van der Waals surface area contributed by atoms with E-state index in [1.807, 2.05) is 0 Å². The largest absolute Gasteiger partial charge is 0.475 e. The van der Waals surface area contributed by atoms with Crippen molar-refractivity contribution >= 4 is 15.8 Å². The van der Waals surface area contributed by atoms with Crippen LogP contribution in [0.2, 0.25) is 0 Å². The van der Waals surface area contributed by atoms with Crippen LogP contribution in [-0.4, -0.2) is 25.7 Å². The lowest BCUT2D eigenvalue weighted by Crippen LogP contribution is -2.05. The van der Waals surface area contributed by atoms with Crippen molar-refractivity contribution in [2.24, 2.45) is 0 Å². The first-order valence-electron chi connectivity index (χ1n) is 5.46. The van der Waals surface area contributed by atoms with Crippen LogP contribution in [0.5, 0.6) is 0 Å². The molecule has 6 nitrogen and oxygen atoms in total. The van der Waals surface area contributed by atoms with E-state index in [1.165, 1.54) is 24.3 Å². The normalized spacial score (nSPS) is 11.2. The summed E-state index contributed by atoms with van der Waals surface area (Å²) >= 11 is 0. The monoisotopic (exact) mass is 294 g/mol. The second-order valence-corrected chi connectivity index (χ2v) is 6.14. The van der Waals surface area contributed by atoms with Crippen LogP contribution in [0, 0.1) is 0 Å². The van der Waals surface area contributed by atoms with Gasteiger partial charge in [-0.2, -0.15) is 0 Å². The molecule has 1 aromatic heterocycles. The minimum Gasteiger partial charge on any atom is -0.475 e. The molecule has 1 N–H and O–H groups in total. The fourth-order valence-corrected chi connectivity index (χ4v) is 2.22. The van der Waals surface area contributed by atoms with Crippen molar-refractivity contribution in [1.82, 2.24) is 0 Å². The van der Waals surface area contributed by atoms with Gasteiger partial charge >= 0.3 is 5.97 Å². The quantitative estimate of drug-likeness (QED) is 0.918. The van der Waals surface area contributed by atoms with E-state index in [2.05, 4.69) is 0 Å². The lowest BCUT2D eigenvalue weighted by Gasteiger charge is -2.03. The molecule has 1 heterocycles. The van der Waals surface area contributed by atoms with Gasteiger partial charge in [0.25, 0.3) is 0 Å². The van der Waals surface area contributed by atoms with Crippen LogP contribution in [0.15, 0.2) is 50.5 Å². The molecule has 2 rings (SSSR count). The van der Waals surface area contributed by atoms with Crippen LogP contribution >= 0.6 is 0 Å². The first kappa shape index (κ1) is 14.0. The second-order valence-electron chi connectivity index (χ2n) is 4.12. The number of carboxylic acids is 1. The van der Waals surface area contributed by atoms with Gasteiger partial charge in [-0.05, 0) is 24.3 Å². The van der Waals surface area contributed by atoms with E-state index in [0.717, 1.165) is 18.4 Å². The fourth-order valence-electron chi connectivity index (χ4n) is 1.59. The number of rotatable bonds is 3. The number of benzene rings is 1. The number of hydrogen-bond donors (Lipinski definition) is 1. The van der Waals surface area contributed by atoms with E-state index in [4.69, 9.17) is 9.52 Å². The van der Waals surface area contributed by atoms with Gasteiger partial charge in [-0.25, -0.2) is 13.2 Å². The van der Waals surface area contributed by atoms with Gasteiger partial charge in [-0.15, -0.1) is 0 Å². The van der Waals surface area contributed by atoms with Gasteiger partial charge in [-0.3, -0.25) is 4.79 Å². The third-order valence-corrected chi connectivity index (χ3v) is 3.67. The van der Waals surface area contributed by atoms with E-state index in [-0.39, 0.29) is 10.7 Å². The number of sulfone groups is 1. The predicted octanol–water partition coefficient (Wildman–Crippen LogP) is 1.41. The Morgan fingerprint density at radius 3 is 2.25 bits per heavy atom. The molecule has 0 amide bonds. The first-order chi connectivity index (χ1) is 9.27. The summed E-state index contributed by atoms with van der Waals surface area (Å²) in [7, 11) is -3.32. The van der Waals surface area contributed by atoms with Gasteiger partial charge in [0, 0.05) is 24.0 Å². The van der Waals surface area contributed by atoms with Gasteiger partial charge in [0.2, 0.25) is 5.76 Å². The van der Waals surface area contributed by atoms with Crippen LogP contribution in [0.4, 0.5) is 0 Å². The molecule has 7 heteroatoms. The first-order valence-corrected chi connectivity index (χ1v) is 7.35. The summed E-state index contributed by atoms with van der Waals surface area (Å²) in [6.45, 7) is 0. The Balaban J connectivity index is 2.52. The predicted molar refractivity (Wildman–Crippen MR) is 70.5 cm³/mol. The lowest BCUT2D eigenvalue weighted by atomic mass is 10.1. The molecule has 1 aromatic carbocycles. The Morgan fingerprint density at radius 1 is 1.15 bits per heavy atom. The SMILES string of the molecule is CS(=O)(=O)c1ccc(-c2cc(=O)cc(C(=O)O)o2)cc1. The molecular weight excluding hydrogens is 284 g/mol. The molecule has 2 aromatic rings.